The molecule has 8 heteroatoms. The average molecular weight is 385 g/mol. The molecule has 2 atom stereocenters. The van der Waals surface area contributed by atoms with Crippen molar-refractivity contribution in [3.8, 4) is 11.3 Å². The van der Waals surface area contributed by atoms with Crippen LogP contribution in [0.5, 0.6) is 0 Å². The molecule has 0 saturated carbocycles. The number of nitrogens with zero attached hydrogens (tertiary/aromatic N) is 3. The van der Waals surface area contributed by atoms with Gasteiger partial charge in [-0.15, -0.1) is 11.3 Å². The van der Waals surface area contributed by atoms with Crippen molar-refractivity contribution in [2.45, 2.75) is 25.8 Å². The molecule has 0 N–H and O–H groups in total. The second-order valence-electron chi connectivity index (χ2n) is 6.71. The van der Waals surface area contributed by atoms with Crippen molar-refractivity contribution in [2.24, 2.45) is 5.92 Å². The summed E-state index contributed by atoms with van der Waals surface area (Å²) >= 11 is 1.57. The van der Waals surface area contributed by atoms with E-state index >= 15 is 0 Å². The normalized spacial score (nSPS) is 22.1. The number of anilines is 1. The quantitative estimate of drug-likeness (QED) is 0.600. The molecule has 1 aromatic carbocycles. The standard InChI is InChI=1S/C19H19N3O4S/c1-11-20-15(10-27-11)12-3-5-14(6-4-12)22-17(23)16-9-13(18(24)26-2)7-8-21(16)19(22)25/h3-6,10,13,16H,7-9H2,1-2H3. The number of rotatable bonds is 3. The number of fused-ring (bicyclic) bond motifs is 1. The summed E-state index contributed by atoms with van der Waals surface area (Å²) < 4.78 is 4.80. The van der Waals surface area contributed by atoms with Gasteiger partial charge in [0.25, 0.3) is 5.91 Å². The molecule has 140 valence electrons. The lowest BCUT2D eigenvalue weighted by Crippen LogP contribution is -2.44. The van der Waals surface area contributed by atoms with Gasteiger partial charge in [0, 0.05) is 17.5 Å². The first-order valence-electron chi connectivity index (χ1n) is 8.74. The maximum absolute atomic E-state index is 12.9. The highest BCUT2D eigenvalue weighted by atomic mass is 32.1. The number of hydrogen-bond acceptors (Lipinski definition) is 6. The minimum Gasteiger partial charge on any atom is -0.469 e. The van der Waals surface area contributed by atoms with E-state index in [1.807, 2.05) is 24.4 Å². The molecule has 7 nitrogen and oxygen atoms in total. The Hall–Kier alpha value is -2.74. The number of aryl methyl sites for hydroxylation is 1. The second kappa shape index (κ2) is 6.77. The highest BCUT2D eigenvalue weighted by molar-refractivity contribution is 7.09. The lowest BCUT2D eigenvalue weighted by molar-refractivity contribution is -0.147. The second-order valence-corrected chi connectivity index (χ2v) is 7.77. The lowest BCUT2D eigenvalue weighted by Gasteiger charge is -2.30. The number of carbonyl (C=O) groups is 3. The van der Waals surface area contributed by atoms with Gasteiger partial charge in [-0.3, -0.25) is 9.59 Å². The number of aromatic nitrogens is 1. The number of thiazole rings is 1. The SMILES string of the molecule is COC(=O)C1CCN2C(=O)N(c3ccc(-c4csc(C)n4)cc3)C(=O)C2C1. The molecule has 3 amide bonds. The maximum Gasteiger partial charge on any atom is 0.332 e. The number of piperidine rings is 1. The molecule has 2 aromatic rings. The van der Waals surface area contributed by atoms with Crippen LogP contribution >= 0.6 is 11.3 Å². The minimum absolute atomic E-state index is 0.286. The first-order valence-corrected chi connectivity index (χ1v) is 9.62. The van der Waals surface area contributed by atoms with E-state index in [0.717, 1.165) is 16.3 Å². The predicted molar refractivity (Wildman–Crippen MR) is 100 cm³/mol. The van der Waals surface area contributed by atoms with Crippen molar-refractivity contribution >= 4 is 34.9 Å². The van der Waals surface area contributed by atoms with Crippen LogP contribution in [0.1, 0.15) is 17.8 Å². The molecule has 4 rings (SSSR count). The van der Waals surface area contributed by atoms with Crippen molar-refractivity contribution in [1.29, 1.82) is 0 Å². The highest BCUT2D eigenvalue weighted by Gasteiger charge is 2.49. The number of urea groups is 1. The Bertz CT molecular complexity index is 908. The zero-order valence-corrected chi connectivity index (χ0v) is 15.9. The van der Waals surface area contributed by atoms with Crippen LogP contribution in [0, 0.1) is 12.8 Å². The Kier molecular flexibility index (Phi) is 4.43. The van der Waals surface area contributed by atoms with Gasteiger partial charge in [0.2, 0.25) is 0 Å². The van der Waals surface area contributed by atoms with Gasteiger partial charge in [0.05, 0.1) is 29.4 Å². The molecule has 1 aromatic heterocycles. The monoisotopic (exact) mass is 385 g/mol. The number of methoxy groups -OCH3 is 1. The van der Waals surface area contributed by atoms with Gasteiger partial charge in [-0.2, -0.15) is 0 Å². The van der Waals surface area contributed by atoms with Gasteiger partial charge in [0.1, 0.15) is 6.04 Å². The molecule has 0 aliphatic carbocycles. The molecule has 2 aliphatic rings. The smallest absolute Gasteiger partial charge is 0.332 e. The van der Waals surface area contributed by atoms with Crippen LogP contribution in [0.3, 0.4) is 0 Å². The fourth-order valence-electron chi connectivity index (χ4n) is 3.70. The first-order chi connectivity index (χ1) is 13.0. The largest absolute Gasteiger partial charge is 0.469 e. The molecule has 27 heavy (non-hydrogen) atoms. The fourth-order valence-corrected chi connectivity index (χ4v) is 4.32. The van der Waals surface area contributed by atoms with Crippen molar-refractivity contribution in [1.82, 2.24) is 9.88 Å². The number of amides is 3. The van der Waals surface area contributed by atoms with Crippen LogP contribution in [0.25, 0.3) is 11.3 Å². The molecular formula is C19H19N3O4S. The fraction of sp³-hybridized carbons (Fsp3) is 0.368. The average Bonchev–Trinajstić information content (AvgIpc) is 3.23. The van der Waals surface area contributed by atoms with E-state index in [4.69, 9.17) is 4.74 Å². The topological polar surface area (TPSA) is 79.8 Å². The number of imide groups is 1. The molecule has 0 spiro atoms. The number of carbonyl (C=O) groups excluding carboxylic acids is 3. The molecule has 2 fully saturated rings. The number of benzene rings is 1. The molecule has 2 saturated heterocycles. The van der Waals surface area contributed by atoms with E-state index in [1.165, 1.54) is 12.0 Å². The van der Waals surface area contributed by atoms with Crippen LogP contribution in [0.4, 0.5) is 10.5 Å². The molecule has 2 aliphatic heterocycles. The lowest BCUT2D eigenvalue weighted by atomic mass is 9.91. The van der Waals surface area contributed by atoms with Crippen LogP contribution < -0.4 is 4.90 Å². The van der Waals surface area contributed by atoms with E-state index < -0.39 is 6.04 Å². The molecule has 0 bridgehead atoms. The van der Waals surface area contributed by atoms with Crippen molar-refractivity contribution < 1.29 is 19.1 Å². The van der Waals surface area contributed by atoms with Gasteiger partial charge in [0.15, 0.2) is 0 Å². The van der Waals surface area contributed by atoms with Crippen LogP contribution in [0.15, 0.2) is 29.6 Å². The predicted octanol–water partition coefficient (Wildman–Crippen LogP) is 2.84. The van der Waals surface area contributed by atoms with Gasteiger partial charge in [-0.25, -0.2) is 14.7 Å². The molecule has 0 radical (unpaired) electrons. The Morgan fingerprint density at radius 2 is 2.00 bits per heavy atom. The van der Waals surface area contributed by atoms with E-state index in [-0.39, 0.29) is 23.8 Å². The summed E-state index contributed by atoms with van der Waals surface area (Å²) in [4.78, 5) is 44.7. The third-order valence-corrected chi connectivity index (χ3v) is 5.89. The van der Waals surface area contributed by atoms with Crippen molar-refractivity contribution in [3.05, 3.63) is 34.7 Å². The summed E-state index contributed by atoms with van der Waals surface area (Å²) in [6.45, 7) is 2.32. The third kappa shape index (κ3) is 2.99. The van der Waals surface area contributed by atoms with Gasteiger partial charge < -0.3 is 9.64 Å². The number of hydrogen-bond donors (Lipinski definition) is 0. The van der Waals surface area contributed by atoms with E-state index in [2.05, 4.69) is 4.98 Å². The number of ether oxygens (including phenoxy) is 1. The summed E-state index contributed by atoms with van der Waals surface area (Å²) in [5.41, 5.74) is 2.34. The maximum atomic E-state index is 12.9. The van der Waals surface area contributed by atoms with E-state index in [1.54, 1.807) is 28.4 Å². The Morgan fingerprint density at radius 1 is 1.26 bits per heavy atom. The molecule has 2 unspecified atom stereocenters. The summed E-state index contributed by atoms with van der Waals surface area (Å²) in [6, 6.07) is 6.31. The first kappa shape index (κ1) is 17.7. The minimum atomic E-state index is -0.601. The Balaban J connectivity index is 1.56. The summed E-state index contributed by atoms with van der Waals surface area (Å²) in [7, 11) is 1.34. The van der Waals surface area contributed by atoms with Crippen molar-refractivity contribution in [2.75, 3.05) is 18.6 Å². The third-order valence-electron chi connectivity index (χ3n) is 5.12. The van der Waals surface area contributed by atoms with E-state index in [9.17, 15) is 14.4 Å². The van der Waals surface area contributed by atoms with Crippen LogP contribution in [-0.2, 0) is 14.3 Å². The summed E-state index contributed by atoms with van der Waals surface area (Å²) in [6.07, 6.45) is 0.822. The zero-order valence-electron chi connectivity index (χ0n) is 15.0. The van der Waals surface area contributed by atoms with Crippen LogP contribution in [0.2, 0.25) is 0 Å². The summed E-state index contributed by atoms with van der Waals surface area (Å²) in [5, 5.41) is 2.96. The summed E-state index contributed by atoms with van der Waals surface area (Å²) in [5.74, 6) is -0.953. The van der Waals surface area contributed by atoms with Gasteiger partial charge >= 0.3 is 12.0 Å². The zero-order chi connectivity index (χ0) is 19.1. The van der Waals surface area contributed by atoms with Gasteiger partial charge in [-0.1, -0.05) is 12.1 Å². The number of esters is 1. The van der Waals surface area contributed by atoms with Crippen LogP contribution in [-0.4, -0.2) is 47.5 Å². The van der Waals surface area contributed by atoms with Gasteiger partial charge in [-0.05, 0) is 31.9 Å². The van der Waals surface area contributed by atoms with E-state index in [0.29, 0.717) is 25.1 Å². The Morgan fingerprint density at radius 3 is 2.63 bits per heavy atom. The molecular weight excluding hydrogens is 366 g/mol. The molecule has 3 heterocycles. The highest BCUT2D eigenvalue weighted by Crippen LogP contribution is 2.34. The van der Waals surface area contributed by atoms with Crippen molar-refractivity contribution in [3.63, 3.8) is 0 Å². The Labute approximate surface area is 160 Å².